The molecule has 2 aromatic heterocycles. The largest absolute Gasteiger partial charge is 2.00 e. The molecule has 0 saturated heterocycles. The van der Waals surface area contributed by atoms with Gasteiger partial charge in [-0.1, -0.05) is 75.2 Å². The van der Waals surface area contributed by atoms with Gasteiger partial charge in [-0.05, 0) is 109 Å². The zero-order valence-corrected chi connectivity index (χ0v) is 38.9. The summed E-state index contributed by atoms with van der Waals surface area (Å²) in [6.45, 7) is 13.4. The van der Waals surface area contributed by atoms with Crippen molar-refractivity contribution < 1.29 is 40.5 Å². The zero-order chi connectivity index (χ0) is 39.1. The van der Waals surface area contributed by atoms with Crippen LogP contribution in [0.3, 0.4) is 0 Å². The van der Waals surface area contributed by atoms with Gasteiger partial charge in [0.05, 0.1) is 22.2 Å². The summed E-state index contributed by atoms with van der Waals surface area (Å²) in [6, 6.07) is 29.5. The first-order valence-electron chi connectivity index (χ1n) is 16.9. The number of aromatic nitrogens is 4. The van der Waals surface area contributed by atoms with E-state index in [1.54, 1.807) is 32.0 Å². The summed E-state index contributed by atoms with van der Waals surface area (Å²) in [5, 5.41) is 10.5. The predicted molar refractivity (Wildman–Crippen MR) is 221 cm³/mol. The molecule has 1 N–H and O–H groups in total. The fourth-order valence-corrected chi connectivity index (χ4v) is 6.46. The molecule has 0 saturated carbocycles. The second-order valence-electron chi connectivity index (χ2n) is 13.9. The Kier molecular flexibility index (Phi) is 19.4. The number of hydrogen-bond acceptors (Lipinski definition) is 5. The Balaban J connectivity index is 0.000000499. The van der Waals surface area contributed by atoms with Crippen LogP contribution in [0.2, 0.25) is 0 Å². The monoisotopic (exact) mass is 964 g/mol. The molecule has 0 aliphatic rings. The van der Waals surface area contributed by atoms with Gasteiger partial charge in [0, 0.05) is 43.8 Å². The van der Waals surface area contributed by atoms with Gasteiger partial charge >= 0.3 is 29.2 Å². The molecule has 13 heteroatoms. The van der Waals surface area contributed by atoms with Gasteiger partial charge in [0.1, 0.15) is 28.9 Å². The number of imidazole rings is 2. The Morgan fingerprint density at radius 2 is 1.02 bits per heavy atom. The average Bonchev–Trinajstić information content (AvgIpc) is 3.77. The van der Waals surface area contributed by atoms with Gasteiger partial charge in [-0.15, -0.1) is 0 Å². The van der Waals surface area contributed by atoms with Gasteiger partial charge in [0.2, 0.25) is 0 Å². The summed E-state index contributed by atoms with van der Waals surface area (Å²) in [4.78, 5) is 25.8. The SMILES string of the molecule is CC(C)(O)c1cn(-c2ccc(Br)cc2)c(C(C)(C)c2ccccc2F)n1.CCc1cn(-c2ccc(Br)cc2)c(C(C)(C)c2ccccc2F)n1.O=C=O.[Br-].[CH3-].[Mg+2]. The quantitative estimate of drug-likeness (QED) is 0.126. The number of aryl methyl sites for hydroxylation is 1. The maximum atomic E-state index is 14.5. The topological polar surface area (TPSA) is 90.0 Å². The summed E-state index contributed by atoms with van der Waals surface area (Å²) in [7, 11) is 0. The third-order valence-electron chi connectivity index (χ3n) is 8.87. The maximum Gasteiger partial charge on any atom is 2.00 e. The van der Waals surface area contributed by atoms with E-state index in [0.29, 0.717) is 22.6 Å². The van der Waals surface area contributed by atoms with Crippen molar-refractivity contribution in [1.82, 2.24) is 19.1 Å². The first-order chi connectivity index (χ1) is 24.9. The molecule has 2 heterocycles. The molecule has 0 spiro atoms. The molecule has 0 atom stereocenters. The first-order valence-corrected chi connectivity index (χ1v) is 18.5. The minimum absolute atomic E-state index is 0. The van der Waals surface area contributed by atoms with Crippen molar-refractivity contribution in [2.45, 2.75) is 71.3 Å². The van der Waals surface area contributed by atoms with E-state index in [9.17, 15) is 13.9 Å². The van der Waals surface area contributed by atoms with Crippen LogP contribution in [0.15, 0.2) is 118 Å². The van der Waals surface area contributed by atoms with E-state index in [1.165, 1.54) is 12.1 Å². The fourth-order valence-electron chi connectivity index (χ4n) is 5.93. The zero-order valence-electron chi connectivity index (χ0n) is 32.7. The minimum atomic E-state index is -1.10. The first kappa shape index (κ1) is 50.7. The van der Waals surface area contributed by atoms with E-state index in [2.05, 4.69) is 43.4 Å². The number of nitrogens with zero attached hydrogens (tertiary/aromatic N) is 4. The van der Waals surface area contributed by atoms with Crippen molar-refractivity contribution in [1.29, 1.82) is 0 Å². The van der Waals surface area contributed by atoms with E-state index in [1.807, 2.05) is 111 Å². The van der Waals surface area contributed by atoms with Gasteiger partial charge in [-0.25, -0.2) is 18.7 Å². The van der Waals surface area contributed by atoms with E-state index >= 15 is 0 Å². The molecule has 0 aliphatic heterocycles. The van der Waals surface area contributed by atoms with Crippen molar-refractivity contribution >= 4 is 61.1 Å². The molecule has 0 bridgehead atoms. The summed E-state index contributed by atoms with van der Waals surface area (Å²) in [5.41, 5.74) is 2.33. The predicted octanol–water partition coefficient (Wildman–Crippen LogP) is 7.48. The molecule has 0 unspecified atom stereocenters. The maximum absolute atomic E-state index is 14.5. The van der Waals surface area contributed by atoms with Gasteiger partial charge < -0.3 is 38.6 Å². The summed E-state index contributed by atoms with van der Waals surface area (Å²) in [6.07, 6.45) is 4.95. The van der Waals surface area contributed by atoms with Gasteiger partial charge in [-0.2, -0.15) is 9.59 Å². The van der Waals surface area contributed by atoms with Crippen molar-refractivity contribution in [2.24, 2.45) is 0 Å². The Labute approximate surface area is 372 Å². The number of aliphatic hydroxyl groups is 1. The number of rotatable bonds is 8. The van der Waals surface area contributed by atoms with E-state index in [-0.39, 0.29) is 65.2 Å². The third-order valence-corrected chi connectivity index (χ3v) is 9.93. The summed E-state index contributed by atoms with van der Waals surface area (Å²) in [5.74, 6) is 1.03. The molecule has 6 aromatic rings. The molecule has 4 aromatic carbocycles. The van der Waals surface area contributed by atoms with Crippen molar-refractivity contribution in [3.63, 3.8) is 0 Å². The molecule has 56 heavy (non-hydrogen) atoms. The van der Waals surface area contributed by atoms with Crippen molar-refractivity contribution in [2.75, 3.05) is 0 Å². The van der Waals surface area contributed by atoms with E-state index in [4.69, 9.17) is 19.6 Å². The number of halogens is 5. The fraction of sp³-hybridized carbons (Fsp3) is 0.256. The Morgan fingerprint density at radius 3 is 1.38 bits per heavy atom. The minimum Gasteiger partial charge on any atom is -1.00 e. The molecular weight excluding hydrogens is 923 g/mol. The molecular formula is C43H45Br3F2MgN4O3. The van der Waals surface area contributed by atoms with Crippen LogP contribution >= 0.6 is 31.9 Å². The third kappa shape index (κ3) is 11.9. The van der Waals surface area contributed by atoms with Gasteiger partial charge in [-0.3, -0.25) is 0 Å². The molecule has 292 valence electrons. The average molecular weight is 968 g/mol. The molecule has 7 nitrogen and oxygen atoms in total. The normalized spacial score (nSPS) is 10.9. The van der Waals surface area contributed by atoms with Crippen LogP contribution in [0.4, 0.5) is 8.78 Å². The number of benzene rings is 4. The summed E-state index contributed by atoms with van der Waals surface area (Å²) < 4.78 is 34.9. The smallest absolute Gasteiger partial charge is 1.00 e. The molecule has 0 aliphatic carbocycles. The van der Waals surface area contributed by atoms with Gasteiger partial charge in [0.25, 0.3) is 0 Å². The Morgan fingerprint density at radius 1 is 0.661 bits per heavy atom. The number of carbonyl (C=O) groups excluding carboxylic acids is 2. The van der Waals surface area contributed by atoms with Crippen LogP contribution in [0, 0.1) is 19.1 Å². The van der Waals surface area contributed by atoms with Crippen LogP contribution in [0.1, 0.15) is 82.6 Å². The molecule has 0 fully saturated rings. The van der Waals surface area contributed by atoms with E-state index < -0.39 is 16.4 Å². The Hall–Kier alpha value is -3.29. The van der Waals surface area contributed by atoms with Gasteiger partial charge in [0.15, 0.2) is 0 Å². The van der Waals surface area contributed by atoms with Crippen LogP contribution in [0.25, 0.3) is 11.4 Å². The van der Waals surface area contributed by atoms with Crippen LogP contribution < -0.4 is 17.0 Å². The van der Waals surface area contributed by atoms with Crippen LogP contribution in [-0.4, -0.2) is 53.4 Å². The number of hydrogen-bond donors (Lipinski definition) is 1. The summed E-state index contributed by atoms with van der Waals surface area (Å²) >= 11 is 6.91. The van der Waals surface area contributed by atoms with Crippen molar-refractivity contribution in [3.05, 3.63) is 172 Å². The van der Waals surface area contributed by atoms with Crippen LogP contribution in [-0.2, 0) is 32.4 Å². The molecule has 0 amide bonds. The second-order valence-corrected chi connectivity index (χ2v) is 15.7. The van der Waals surface area contributed by atoms with Crippen LogP contribution in [0.5, 0.6) is 0 Å². The molecule has 0 radical (unpaired) electrons. The molecule has 6 rings (SSSR count). The standard InChI is InChI=1S/C21H22BrFN2O.C20H20BrFN2.CO2.CH3.BrH.Mg/c1-20(2,16-7-5-6-8-17(16)23)19-24-18(21(3,4)26)13-25(19)15-11-9-14(22)10-12-15;1-4-15-13-24(16-11-9-14(21)10-12-16)19(23-15)20(2,3)17-7-5-6-8-18(17)22;2-1-3;;;/h5-13,26H,1-4H3;5-13H,4H2,1-3H3;;1H3;1H;/q;;;-1;;+2/p-1. The van der Waals surface area contributed by atoms with Crippen molar-refractivity contribution in [3.8, 4) is 11.4 Å². The Bertz CT molecular complexity index is 2190. The van der Waals surface area contributed by atoms with E-state index in [0.717, 1.165) is 38.3 Å². The second kappa shape index (κ2) is 21.5.